The molecule has 10 heteroatoms. The summed E-state index contributed by atoms with van der Waals surface area (Å²) in [5.41, 5.74) is 6.22. The molecule has 2 aromatic rings. The Kier molecular flexibility index (Phi) is 4.70. The highest BCUT2D eigenvalue weighted by Crippen LogP contribution is 2.32. The number of thiazole rings is 1. The summed E-state index contributed by atoms with van der Waals surface area (Å²) in [5.74, 6) is 0. The molecule has 20 heavy (non-hydrogen) atoms. The fourth-order valence-electron chi connectivity index (χ4n) is 1.46. The van der Waals surface area contributed by atoms with Crippen LogP contribution < -0.4 is 15.4 Å². The van der Waals surface area contributed by atoms with Crippen molar-refractivity contribution in [1.29, 1.82) is 0 Å². The number of anilines is 3. The van der Waals surface area contributed by atoms with Gasteiger partial charge in [-0.25, -0.2) is 14.7 Å². The molecule has 1 aromatic carbocycles. The summed E-state index contributed by atoms with van der Waals surface area (Å²) >= 11 is 2.11. The van der Waals surface area contributed by atoms with E-state index >= 15 is 0 Å². The molecular weight excluding hydrogens is 368 g/mol. The summed E-state index contributed by atoms with van der Waals surface area (Å²) in [6, 6.07) is 5.48. The zero-order valence-electron chi connectivity index (χ0n) is 9.78. The molecule has 0 bridgehead atoms. The van der Waals surface area contributed by atoms with E-state index in [1.807, 2.05) is 0 Å². The largest absolute Gasteiger partial charge is 0.755 e. The second kappa shape index (κ2) is 6.31. The first-order chi connectivity index (χ1) is 9.47. The number of carbonyl (C=O) groups excluding carboxylic acids is 1. The fraction of sp³-hybridized carbons (Fsp3) is 0. The van der Waals surface area contributed by atoms with E-state index in [0.717, 1.165) is 3.79 Å². The first kappa shape index (κ1) is 14.9. The minimum absolute atomic E-state index is 0.381. The molecule has 106 valence electrons. The van der Waals surface area contributed by atoms with Crippen molar-refractivity contribution >= 4 is 61.1 Å². The second-order valence-electron chi connectivity index (χ2n) is 3.50. The molecule has 0 radical (unpaired) electrons. The number of rotatable bonds is 4. The van der Waals surface area contributed by atoms with Gasteiger partial charge in [0.05, 0.1) is 15.7 Å². The summed E-state index contributed by atoms with van der Waals surface area (Å²) < 4.78 is 24.0. The van der Waals surface area contributed by atoms with Crippen LogP contribution in [0, 0.1) is 0 Å². The predicted octanol–water partition coefficient (Wildman–Crippen LogP) is 2.33. The lowest BCUT2D eigenvalue weighted by Crippen LogP contribution is -2.31. The Morgan fingerprint density at radius 2 is 2.10 bits per heavy atom. The molecule has 3 N–H and O–H groups in total. The molecule has 2 amide bonds. The number of halogens is 1. The number of aromatic nitrogens is 1. The summed E-state index contributed by atoms with van der Waals surface area (Å²) in [4.78, 5) is 16.9. The van der Waals surface area contributed by atoms with E-state index in [0.29, 0.717) is 16.5 Å². The van der Waals surface area contributed by atoms with Gasteiger partial charge in [0.1, 0.15) is 0 Å². The molecule has 1 unspecified atom stereocenters. The van der Waals surface area contributed by atoms with Crippen molar-refractivity contribution in [1.82, 2.24) is 4.98 Å². The highest BCUT2D eigenvalue weighted by molar-refractivity contribution is 9.11. The third-order valence-corrected chi connectivity index (χ3v) is 4.07. The third kappa shape index (κ3) is 3.54. The van der Waals surface area contributed by atoms with Gasteiger partial charge in [0.25, 0.3) is 0 Å². The predicted molar refractivity (Wildman–Crippen MR) is 80.5 cm³/mol. The smallest absolute Gasteiger partial charge is 0.325 e. The number of hydrogen-bond donors (Lipinski definition) is 2. The molecule has 2 rings (SSSR count). The van der Waals surface area contributed by atoms with Crippen molar-refractivity contribution in [2.45, 2.75) is 0 Å². The van der Waals surface area contributed by atoms with Crippen molar-refractivity contribution in [2.75, 3.05) is 9.62 Å². The van der Waals surface area contributed by atoms with Gasteiger partial charge in [-0.3, -0.25) is 4.21 Å². The van der Waals surface area contributed by atoms with Crippen LogP contribution >= 0.6 is 27.3 Å². The standard InChI is InChI=1S/C10H9BrN4O3S2/c11-8-5-13-10(19-8)15(9(12)16)7-3-1-6(2-4-7)14-20(17)18/h1-5,14H,(H2,12,16)(H,17,18)/p-1. The van der Waals surface area contributed by atoms with E-state index in [-0.39, 0.29) is 0 Å². The molecule has 0 aliphatic rings. The van der Waals surface area contributed by atoms with Gasteiger partial charge >= 0.3 is 6.03 Å². The number of nitrogens with zero attached hydrogens (tertiary/aromatic N) is 2. The van der Waals surface area contributed by atoms with Crippen molar-refractivity contribution in [3.63, 3.8) is 0 Å². The van der Waals surface area contributed by atoms with E-state index in [9.17, 15) is 13.6 Å². The van der Waals surface area contributed by atoms with E-state index < -0.39 is 17.3 Å². The van der Waals surface area contributed by atoms with Gasteiger partial charge in [-0.2, -0.15) is 0 Å². The molecule has 1 aromatic heterocycles. The van der Waals surface area contributed by atoms with Crippen LogP contribution in [0.2, 0.25) is 0 Å². The van der Waals surface area contributed by atoms with E-state index in [2.05, 4.69) is 25.6 Å². The highest BCUT2D eigenvalue weighted by atomic mass is 79.9. The number of nitrogens with one attached hydrogen (secondary N) is 1. The number of urea groups is 1. The molecule has 1 heterocycles. The average molecular weight is 376 g/mol. The number of carbonyl (C=O) groups is 1. The van der Waals surface area contributed by atoms with Crippen LogP contribution in [0.1, 0.15) is 0 Å². The maximum atomic E-state index is 11.6. The molecule has 7 nitrogen and oxygen atoms in total. The van der Waals surface area contributed by atoms with Crippen LogP contribution in [0.5, 0.6) is 0 Å². The van der Waals surface area contributed by atoms with Crippen LogP contribution in [0.15, 0.2) is 34.2 Å². The fourth-order valence-corrected chi connectivity index (χ4v) is 2.99. The lowest BCUT2D eigenvalue weighted by molar-refractivity contribution is 0.256. The van der Waals surface area contributed by atoms with Crippen LogP contribution in [-0.4, -0.2) is 19.8 Å². The van der Waals surface area contributed by atoms with Gasteiger partial charge in [0.15, 0.2) is 5.13 Å². The number of primary amides is 1. The molecule has 1 atom stereocenters. The van der Waals surface area contributed by atoms with Crippen molar-refractivity contribution < 1.29 is 13.6 Å². The number of amides is 2. The first-order valence-corrected chi connectivity index (χ1v) is 7.82. The number of nitrogens with two attached hydrogens (primary N) is 1. The van der Waals surface area contributed by atoms with Gasteiger partial charge in [-0.1, -0.05) is 11.3 Å². The van der Waals surface area contributed by atoms with Gasteiger partial charge in [0, 0.05) is 17.0 Å². The molecular formula is C10H8BrN4O3S2-. The van der Waals surface area contributed by atoms with Gasteiger partial charge in [-0.15, -0.1) is 0 Å². The summed E-state index contributed by atoms with van der Waals surface area (Å²) in [7, 11) is 0. The Bertz CT molecular complexity index is 646. The van der Waals surface area contributed by atoms with Crippen molar-refractivity contribution in [3.05, 3.63) is 34.2 Å². The zero-order valence-corrected chi connectivity index (χ0v) is 13.0. The van der Waals surface area contributed by atoms with Crippen molar-refractivity contribution in [2.24, 2.45) is 5.73 Å². The molecule has 0 saturated carbocycles. The quantitative estimate of drug-likeness (QED) is 0.798. The van der Waals surface area contributed by atoms with Gasteiger partial charge in [0.2, 0.25) is 0 Å². The Morgan fingerprint density at radius 1 is 1.45 bits per heavy atom. The Balaban J connectivity index is 2.31. The topological polar surface area (TPSA) is 111 Å². The Hall–Kier alpha value is -1.49. The number of benzene rings is 1. The lowest BCUT2D eigenvalue weighted by atomic mass is 10.3. The maximum Gasteiger partial charge on any atom is 0.325 e. The van der Waals surface area contributed by atoms with E-state index in [1.54, 1.807) is 18.3 Å². The van der Waals surface area contributed by atoms with Crippen molar-refractivity contribution in [3.8, 4) is 0 Å². The highest BCUT2D eigenvalue weighted by Gasteiger charge is 2.18. The number of hydrogen-bond acceptors (Lipinski definition) is 5. The zero-order chi connectivity index (χ0) is 14.7. The van der Waals surface area contributed by atoms with Crippen LogP contribution in [0.4, 0.5) is 21.3 Å². The third-order valence-electron chi connectivity index (χ3n) is 2.20. The monoisotopic (exact) mass is 375 g/mol. The summed E-state index contributed by atoms with van der Waals surface area (Å²) in [5, 5.41) is 0.414. The minimum Gasteiger partial charge on any atom is -0.755 e. The SMILES string of the molecule is NC(=O)N(c1ccc(NS(=O)[O-])cc1)c1ncc(Br)s1. The molecule has 0 spiro atoms. The van der Waals surface area contributed by atoms with E-state index in [4.69, 9.17) is 5.73 Å². The normalized spacial score (nSPS) is 11.9. The molecule has 0 saturated heterocycles. The average Bonchev–Trinajstić information content (AvgIpc) is 2.77. The molecule has 0 fully saturated rings. The van der Waals surface area contributed by atoms with Gasteiger partial charge < -0.3 is 15.0 Å². The first-order valence-electron chi connectivity index (χ1n) is 5.14. The minimum atomic E-state index is -2.40. The molecule has 0 aliphatic heterocycles. The second-order valence-corrected chi connectivity index (χ2v) is 6.57. The Morgan fingerprint density at radius 3 is 2.55 bits per heavy atom. The van der Waals surface area contributed by atoms with Crippen LogP contribution in [0.3, 0.4) is 0 Å². The van der Waals surface area contributed by atoms with Gasteiger partial charge in [-0.05, 0) is 40.2 Å². The summed E-state index contributed by atoms with van der Waals surface area (Å²) in [6.45, 7) is 0. The Labute approximate surface area is 129 Å². The van der Waals surface area contributed by atoms with Crippen LogP contribution in [0.25, 0.3) is 0 Å². The lowest BCUT2D eigenvalue weighted by Gasteiger charge is -2.18. The maximum absolute atomic E-state index is 11.6. The van der Waals surface area contributed by atoms with Crippen LogP contribution in [-0.2, 0) is 11.3 Å². The summed E-state index contributed by atoms with van der Waals surface area (Å²) in [6.07, 6.45) is 1.56. The van der Waals surface area contributed by atoms with E-state index in [1.165, 1.54) is 28.4 Å². The molecule has 0 aliphatic carbocycles.